The van der Waals surface area contributed by atoms with Gasteiger partial charge in [0.1, 0.15) is 0 Å². The zero-order valence-electron chi connectivity index (χ0n) is 16.1. The molecule has 5 heteroatoms. The minimum absolute atomic E-state index is 0.138. The van der Waals surface area contributed by atoms with Gasteiger partial charge in [-0.15, -0.1) is 0 Å². The van der Waals surface area contributed by atoms with Gasteiger partial charge in [0.25, 0.3) is 0 Å². The summed E-state index contributed by atoms with van der Waals surface area (Å²) in [6.07, 6.45) is 0. The van der Waals surface area contributed by atoms with Crippen LogP contribution in [0.5, 0.6) is 0 Å². The first-order valence-corrected chi connectivity index (χ1v) is 8.68. The molecule has 0 unspecified atom stereocenters. The van der Waals surface area contributed by atoms with Crippen molar-refractivity contribution in [3.8, 4) is 0 Å². The summed E-state index contributed by atoms with van der Waals surface area (Å²) >= 11 is 0. The van der Waals surface area contributed by atoms with Gasteiger partial charge in [-0.1, -0.05) is 24.3 Å². The Bertz CT molecular complexity index is 747. The minimum atomic E-state index is -0.138. The fourth-order valence-corrected chi connectivity index (χ4v) is 2.70. The first kappa shape index (κ1) is 19.7. The third kappa shape index (κ3) is 5.17. The maximum atomic E-state index is 12.2. The predicted molar refractivity (Wildman–Crippen MR) is 107 cm³/mol. The van der Waals surface area contributed by atoms with Gasteiger partial charge in [-0.05, 0) is 69.1 Å². The fraction of sp³-hybridized carbons (Fsp3) is 0.333. The second kappa shape index (κ2) is 8.63. The van der Waals surface area contributed by atoms with Crippen molar-refractivity contribution < 1.29 is 9.59 Å². The molecule has 2 N–H and O–H groups in total. The molecule has 0 atom stereocenters. The first-order valence-electron chi connectivity index (χ1n) is 8.68. The lowest BCUT2D eigenvalue weighted by atomic mass is 10.1. The van der Waals surface area contributed by atoms with Crippen LogP contribution >= 0.6 is 0 Å². The summed E-state index contributed by atoms with van der Waals surface area (Å²) < 4.78 is 0. The molecule has 2 aromatic carbocycles. The third-order valence-corrected chi connectivity index (χ3v) is 4.58. The standard InChI is InChI=1S/C21H27N3O2/c1-14-8-6-10-18(16(14)3)22-20(25)12-24(5)13-21(26)23-19-11-7-9-15(2)17(19)4/h6-11H,12-13H2,1-5H3,(H,22,25)(H,23,26). The van der Waals surface area contributed by atoms with Gasteiger partial charge in [0, 0.05) is 11.4 Å². The number of rotatable bonds is 6. The molecule has 0 aliphatic rings. The maximum Gasteiger partial charge on any atom is 0.238 e. The Kier molecular flexibility index (Phi) is 6.52. The highest BCUT2D eigenvalue weighted by Crippen LogP contribution is 2.18. The van der Waals surface area contributed by atoms with E-state index < -0.39 is 0 Å². The third-order valence-electron chi connectivity index (χ3n) is 4.58. The molecule has 0 aliphatic carbocycles. The van der Waals surface area contributed by atoms with Crippen molar-refractivity contribution in [1.82, 2.24) is 4.90 Å². The molecule has 2 aromatic rings. The summed E-state index contributed by atoms with van der Waals surface area (Å²) in [7, 11) is 1.76. The summed E-state index contributed by atoms with van der Waals surface area (Å²) in [5, 5.41) is 5.82. The van der Waals surface area contributed by atoms with Crippen molar-refractivity contribution >= 4 is 23.2 Å². The van der Waals surface area contributed by atoms with Crippen LogP contribution in [-0.4, -0.2) is 36.9 Å². The van der Waals surface area contributed by atoms with Crippen LogP contribution in [0.4, 0.5) is 11.4 Å². The number of likely N-dealkylation sites (N-methyl/N-ethyl adjacent to an activating group) is 1. The number of amides is 2. The van der Waals surface area contributed by atoms with E-state index in [0.717, 1.165) is 33.6 Å². The van der Waals surface area contributed by atoms with Gasteiger partial charge in [-0.3, -0.25) is 14.5 Å². The van der Waals surface area contributed by atoms with E-state index in [4.69, 9.17) is 0 Å². The highest BCUT2D eigenvalue weighted by molar-refractivity contribution is 5.95. The number of carbonyl (C=O) groups excluding carboxylic acids is 2. The largest absolute Gasteiger partial charge is 0.325 e. The lowest BCUT2D eigenvalue weighted by Gasteiger charge is -2.17. The Morgan fingerprint density at radius 1 is 0.769 bits per heavy atom. The first-order chi connectivity index (χ1) is 12.3. The van der Waals surface area contributed by atoms with Crippen molar-refractivity contribution in [3.05, 3.63) is 58.7 Å². The van der Waals surface area contributed by atoms with Crippen LogP contribution in [0, 0.1) is 27.7 Å². The number of aryl methyl sites for hydroxylation is 2. The number of carbonyl (C=O) groups is 2. The van der Waals surface area contributed by atoms with Crippen LogP contribution in [0.2, 0.25) is 0 Å². The molecule has 0 saturated heterocycles. The topological polar surface area (TPSA) is 61.4 Å². The second-order valence-electron chi connectivity index (χ2n) is 6.76. The Balaban J connectivity index is 1.88. The molecular weight excluding hydrogens is 326 g/mol. The average Bonchev–Trinajstić information content (AvgIpc) is 2.56. The van der Waals surface area contributed by atoms with Crippen LogP contribution in [0.25, 0.3) is 0 Å². The second-order valence-corrected chi connectivity index (χ2v) is 6.76. The van der Waals surface area contributed by atoms with Crippen molar-refractivity contribution in [2.24, 2.45) is 0 Å². The monoisotopic (exact) mass is 353 g/mol. The van der Waals surface area contributed by atoms with Crippen molar-refractivity contribution in [3.63, 3.8) is 0 Å². The number of hydrogen-bond acceptors (Lipinski definition) is 3. The Hall–Kier alpha value is -2.66. The summed E-state index contributed by atoms with van der Waals surface area (Å²) in [5.41, 5.74) is 5.98. The van der Waals surface area contributed by atoms with E-state index in [9.17, 15) is 9.59 Å². The van der Waals surface area contributed by atoms with Gasteiger partial charge in [0.15, 0.2) is 0 Å². The molecule has 0 fully saturated rings. The van der Waals surface area contributed by atoms with Crippen LogP contribution in [-0.2, 0) is 9.59 Å². The van der Waals surface area contributed by atoms with E-state index in [-0.39, 0.29) is 24.9 Å². The Morgan fingerprint density at radius 2 is 1.15 bits per heavy atom. The van der Waals surface area contributed by atoms with Crippen molar-refractivity contribution in [2.75, 3.05) is 30.8 Å². The van der Waals surface area contributed by atoms with Gasteiger partial charge >= 0.3 is 0 Å². The molecule has 2 amide bonds. The van der Waals surface area contributed by atoms with Crippen LogP contribution < -0.4 is 10.6 Å². The normalized spacial score (nSPS) is 10.7. The van der Waals surface area contributed by atoms with Gasteiger partial charge in [0.05, 0.1) is 13.1 Å². The summed E-state index contributed by atoms with van der Waals surface area (Å²) in [5.74, 6) is -0.276. The summed E-state index contributed by atoms with van der Waals surface area (Å²) in [4.78, 5) is 26.2. The van der Waals surface area contributed by atoms with Gasteiger partial charge < -0.3 is 10.6 Å². The molecule has 0 heterocycles. The van der Waals surface area contributed by atoms with E-state index in [2.05, 4.69) is 10.6 Å². The molecule has 0 spiro atoms. The van der Waals surface area contributed by atoms with Crippen molar-refractivity contribution in [2.45, 2.75) is 27.7 Å². The highest BCUT2D eigenvalue weighted by atomic mass is 16.2. The summed E-state index contributed by atoms with van der Waals surface area (Å²) in [6.45, 7) is 8.27. The molecule has 138 valence electrons. The number of nitrogens with zero attached hydrogens (tertiary/aromatic N) is 1. The minimum Gasteiger partial charge on any atom is -0.325 e. The van der Waals surface area contributed by atoms with E-state index in [1.807, 2.05) is 64.1 Å². The van der Waals surface area contributed by atoms with Crippen LogP contribution in [0.3, 0.4) is 0 Å². The Labute approximate surface area is 155 Å². The van der Waals surface area contributed by atoms with Gasteiger partial charge in [-0.2, -0.15) is 0 Å². The molecule has 0 aliphatic heterocycles. The maximum absolute atomic E-state index is 12.2. The number of hydrogen-bond donors (Lipinski definition) is 2. The van der Waals surface area contributed by atoms with Crippen LogP contribution in [0.1, 0.15) is 22.3 Å². The molecule has 0 bridgehead atoms. The smallest absolute Gasteiger partial charge is 0.238 e. The van der Waals surface area contributed by atoms with E-state index in [1.165, 1.54) is 0 Å². The molecule has 5 nitrogen and oxygen atoms in total. The quantitative estimate of drug-likeness (QED) is 0.836. The number of nitrogens with one attached hydrogen (secondary N) is 2. The highest BCUT2D eigenvalue weighted by Gasteiger charge is 2.13. The molecule has 0 radical (unpaired) electrons. The number of anilines is 2. The molecule has 0 aromatic heterocycles. The lowest BCUT2D eigenvalue weighted by molar-refractivity contribution is -0.119. The zero-order valence-corrected chi connectivity index (χ0v) is 16.1. The summed E-state index contributed by atoms with van der Waals surface area (Å²) in [6, 6.07) is 11.6. The zero-order chi connectivity index (χ0) is 19.3. The lowest BCUT2D eigenvalue weighted by Crippen LogP contribution is -2.36. The van der Waals surface area contributed by atoms with E-state index in [0.29, 0.717) is 0 Å². The average molecular weight is 353 g/mol. The van der Waals surface area contributed by atoms with E-state index in [1.54, 1.807) is 11.9 Å². The molecule has 26 heavy (non-hydrogen) atoms. The molecule has 2 rings (SSSR count). The van der Waals surface area contributed by atoms with Crippen molar-refractivity contribution in [1.29, 1.82) is 0 Å². The molecule has 0 saturated carbocycles. The van der Waals surface area contributed by atoms with Gasteiger partial charge in [-0.25, -0.2) is 0 Å². The SMILES string of the molecule is Cc1cccc(NC(=O)CN(C)CC(=O)Nc2cccc(C)c2C)c1C. The van der Waals surface area contributed by atoms with Gasteiger partial charge in [0.2, 0.25) is 11.8 Å². The number of benzene rings is 2. The Morgan fingerprint density at radius 3 is 1.54 bits per heavy atom. The fourth-order valence-electron chi connectivity index (χ4n) is 2.70. The van der Waals surface area contributed by atoms with Crippen LogP contribution in [0.15, 0.2) is 36.4 Å². The van der Waals surface area contributed by atoms with E-state index >= 15 is 0 Å². The molecular formula is C21H27N3O2. The predicted octanol–water partition coefficient (Wildman–Crippen LogP) is 3.43.